The molecule has 1 aromatic carbocycles. The molecule has 144 valence electrons. The molecule has 0 unspecified atom stereocenters. The van der Waals surface area contributed by atoms with E-state index in [4.69, 9.17) is 10.5 Å². The number of nitrogens with one attached hydrogen (secondary N) is 2. The number of carbonyl (C=O) groups is 2. The highest BCUT2D eigenvalue weighted by Gasteiger charge is 2.17. The van der Waals surface area contributed by atoms with Gasteiger partial charge >= 0.3 is 0 Å². The second-order valence-electron chi connectivity index (χ2n) is 7.31. The van der Waals surface area contributed by atoms with Crippen LogP contribution in [0.3, 0.4) is 0 Å². The van der Waals surface area contributed by atoms with Crippen molar-refractivity contribution < 1.29 is 14.3 Å². The Kier molecular flexibility index (Phi) is 8.06. The standard InChI is InChI=1S/C20H31N3O3/c1-14(2)19(21)20(25)22-12-18(24)23-16-8-6-7-15(11-16)13-26-17-9-4-3-5-10-17/h6-8,11,14,17,19H,3-5,9-10,12-13,21H2,1-2H3,(H,22,25)(H,23,24)/t19-/m0/s1. The smallest absolute Gasteiger partial charge is 0.243 e. The molecule has 1 aliphatic carbocycles. The number of rotatable bonds is 8. The zero-order valence-electron chi connectivity index (χ0n) is 15.8. The lowest BCUT2D eigenvalue weighted by Gasteiger charge is -2.22. The summed E-state index contributed by atoms with van der Waals surface area (Å²) >= 11 is 0. The van der Waals surface area contributed by atoms with Crippen LogP contribution < -0.4 is 16.4 Å². The van der Waals surface area contributed by atoms with Crippen LogP contribution in [0, 0.1) is 5.92 Å². The van der Waals surface area contributed by atoms with Gasteiger partial charge in [0, 0.05) is 5.69 Å². The predicted octanol–water partition coefficient (Wildman–Crippen LogP) is 2.57. The molecule has 2 rings (SSSR count). The molecule has 0 heterocycles. The lowest BCUT2D eigenvalue weighted by molar-refractivity contribution is -0.125. The fraction of sp³-hybridized carbons (Fsp3) is 0.600. The predicted molar refractivity (Wildman–Crippen MR) is 103 cm³/mol. The van der Waals surface area contributed by atoms with Crippen LogP contribution in [0.1, 0.15) is 51.5 Å². The van der Waals surface area contributed by atoms with E-state index in [1.54, 1.807) is 0 Å². The Morgan fingerprint density at radius 2 is 1.96 bits per heavy atom. The van der Waals surface area contributed by atoms with Gasteiger partial charge < -0.3 is 21.1 Å². The van der Waals surface area contributed by atoms with E-state index in [1.807, 2.05) is 38.1 Å². The fourth-order valence-corrected chi connectivity index (χ4v) is 2.98. The Labute approximate surface area is 155 Å². The molecule has 0 spiro atoms. The van der Waals surface area contributed by atoms with Gasteiger partial charge in [0.05, 0.1) is 25.3 Å². The maximum Gasteiger partial charge on any atom is 0.243 e. The topological polar surface area (TPSA) is 93.5 Å². The van der Waals surface area contributed by atoms with Crippen LogP contribution in [0.5, 0.6) is 0 Å². The Morgan fingerprint density at radius 1 is 1.23 bits per heavy atom. The van der Waals surface area contributed by atoms with Gasteiger partial charge in [-0.15, -0.1) is 0 Å². The van der Waals surface area contributed by atoms with Crippen LogP contribution in [-0.2, 0) is 20.9 Å². The van der Waals surface area contributed by atoms with Gasteiger partial charge in [0.15, 0.2) is 0 Å². The summed E-state index contributed by atoms with van der Waals surface area (Å²) in [5.74, 6) is -0.566. The third-order valence-electron chi connectivity index (χ3n) is 4.69. The molecule has 2 amide bonds. The summed E-state index contributed by atoms with van der Waals surface area (Å²) < 4.78 is 5.97. The van der Waals surface area contributed by atoms with Gasteiger partial charge in [0.25, 0.3) is 0 Å². The molecule has 0 bridgehead atoms. The first kappa shape index (κ1) is 20.4. The minimum Gasteiger partial charge on any atom is -0.374 e. The van der Waals surface area contributed by atoms with Crippen molar-refractivity contribution in [2.75, 3.05) is 11.9 Å². The number of hydrogen-bond donors (Lipinski definition) is 3. The van der Waals surface area contributed by atoms with Crippen molar-refractivity contribution in [2.45, 2.75) is 64.7 Å². The zero-order chi connectivity index (χ0) is 18.9. The number of nitrogens with two attached hydrogens (primary N) is 1. The third kappa shape index (κ3) is 6.77. The lowest BCUT2D eigenvalue weighted by Crippen LogP contribution is -2.46. The Hall–Kier alpha value is -1.92. The molecule has 6 nitrogen and oxygen atoms in total. The highest BCUT2D eigenvalue weighted by molar-refractivity contribution is 5.95. The first-order valence-corrected chi connectivity index (χ1v) is 9.49. The summed E-state index contributed by atoms with van der Waals surface area (Å²) in [5.41, 5.74) is 7.48. The van der Waals surface area contributed by atoms with Gasteiger partial charge in [-0.25, -0.2) is 0 Å². The summed E-state index contributed by atoms with van der Waals surface area (Å²) in [7, 11) is 0. The molecule has 0 aliphatic heterocycles. The van der Waals surface area contributed by atoms with Gasteiger partial charge in [-0.1, -0.05) is 45.2 Å². The number of hydrogen-bond acceptors (Lipinski definition) is 4. The van der Waals surface area contributed by atoms with E-state index in [9.17, 15) is 9.59 Å². The van der Waals surface area contributed by atoms with Crippen molar-refractivity contribution in [1.29, 1.82) is 0 Å². The van der Waals surface area contributed by atoms with E-state index >= 15 is 0 Å². The highest BCUT2D eigenvalue weighted by Crippen LogP contribution is 2.22. The Bertz CT molecular complexity index is 598. The van der Waals surface area contributed by atoms with Crippen molar-refractivity contribution >= 4 is 17.5 Å². The van der Waals surface area contributed by atoms with Crippen molar-refractivity contribution in [1.82, 2.24) is 5.32 Å². The number of amides is 2. The number of benzene rings is 1. The van der Waals surface area contributed by atoms with Gasteiger partial charge in [-0.2, -0.15) is 0 Å². The van der Waals surface area contributed by atoms with E-state index < -0.39 is 6.04 Å². The van der Waals surface area contributed by atoms with Crippen LogP contribution in [0.25, 0.3) is 0 Å². The monoisotopic (exact) mass is 361 g/mol. The van der Waals surface area contributed by atoms with E-state index in [1.165, 1.54) is 19.3 Å². The molecule has 1 saturated carbocycles. The summed E-state index contributed by atoms with van der Waals surface area (Å²) in [6, 6.07) is 7.00. The first-order chi connectivity index (χ1) is 12.5. The molecule has 1 fully saturated rings. The van der Waals surface area contributed by atoms with Crippen molar-refractivity contribution in [2.24, 2.45) is 11.7 Å². The molecule has 0 radical (unpaired) electrons. The Morgan fingerprint density at radius 3 is 2.65 bits per heavy atom. The molecule has 6 heteroatoms. The van der Waals surface area contributed by atoms with Gasteiger partial charge in [0.1, 0.15) is 0 Å². The highest BCUT2D eigenvalue weighted by atomic mass is 16.5. The van der Waals surface area contributed by atoms with E-state index in [0.29, 0.717) is 18.4 Å². The molecule has 26 heavy (non-hydrogen) atoms. The summed E-state index contributed by atoms with van der Waals surface area (Å²) in [6.45, 7) is 4.19. The van der Waals surface area contributed by atoms with Gasteiger partial charge in [-0.3, -0.25) is 9.59 Å². The van der Waals surface area contributed by atoms with Crippen LogP contribution in [0.2, 0.25) is 0 Å². The van der Waals surface area contributed by atoms with Crippen LogP contribution >= 0.6 is 0 Å². The molecular weight excluding hydrogens is 330 g/mol. The average molecular weight is 361 g/mol. The maximum absolute atomic E-state index is 12.0. The number of anilines is 1. The molecule has 0 aromatic heterocycles. The lowest BCUT2D eigenvalue weighted by atomic mass is 9.98. The van der Waals surface area contributed by atoms with Crippen molar-refractivity contribution in [3.05, 3.63) is 29.8 Å². The number of carbonyl (C=O) groups excluding carboxylic acids is 2. The molecule has 0 saturated heterocycles. The SMILES string of the molecule is CC(C)[C@H](N)C(=O)NCC(=O)Nc1cccc(COC2CCCCC2)c1. The second kappa shape index (κ2) is 10.3. The first-order valence-electron chi connectivity index (χ1n) is 9.49. The minimum absolute atomic E-state index is 0.0268. The average Bonchev–Trinajstić information content (AvgIpc) is 2.65. The van der Waals surface area contributed by atoms with E-state index in [0.717, 1.165) is 18.4 Å². The summed E-state index contributed by atoms with van der Waals surface area (Å²) in [4.78, 5) is 23.8. The molecule has 1 atom stereocenters. The second-order valence-corrected chi connectivity index (χ2v) is 7.31. The largest absolute Gasteiger partial charge is 0.374 e. The van der Waals surface area contributed by atoms with Crippen LogP contribution in [0.4, 0.5) is 5.69 Å². The van der Waals surface area contributed by atoms with E-state index in [-0.39, 0.29) is 24.3 Å². The summed E-state index contributed by atoms with van der Waals surface area (Å²) in [5, 5.41) is 5.36. The zero-order valence-corrected chi connectivity index (χ0v) is 15.8. The third-order valence-corrected chi connectivity index (χ3v) is 4.69. The van der Waals surface area contributed by atoms with Crippen molar-refractivity contribution in [3.8, 4) is 0 Å². The van der Waals surface area contributed by atoms with Gasteiger partial charge in [0.2, 0.25) is 11.8 Å². The number of ether oxygens (including phenoxy) is 1. The normalized spacial score (nSPS) is 16.3. The van der Waals surface area contributed by atoms with Crippen molar-refractivity contribution in [3.63, 3.8) is 0 Å². The quantitative estimate of drug-likeness (QED) is 0.663. The molecular formula is C20H31N3O3. The van der Waals surface area contributed by atoms with Crippen LogP contribution in [-0.4, -0.2) is 30.5 Å². The minimum atomic E-state index is -0.608. The summed E-state index contributed by atoms with van der Waals surface area (Å²) in [6.07, 6.45) is 6.41. The van der Waals surface area contributed by atoms with E-state index in [2.05, 4.69) is 10.6 Å². The molecule has 4 N–H and O–H groups in total. The maximum atomic E-state index is 12.0. The van der Waals surface area contributed by atoms with Gasteiger partial charge in [-0.05, 0) is 36.5 Å². The fourth-order valence-electron chi connectivity index (χ4n) is 2.98. The molecule has 1 aromatic rings. The van der Waals surface area contributed by atoms with Crippen LogP contribution in [0.15, 0.2) is 24.3 Å². The molecule has 1 aliphatic rings. The Balaban J connectivity index is 1.78.